The van der Waals surface area contributed by atoms with E-state index in [1.54, 1.807) is 44.0 Å². The van der Waals surface area contributed by atoms with Gasteiger partial charge in [-0.05, 0) is 29.1 Å². The molecular weight excluding hydrogens is 330 g/mol. The first-order valence-electron chi connectivity index (χ1n) is 7.02. The molecule has 0 spiro atoms. The third-order valence-corrected chi connectivity index (χ3v) is 5.32. The van der Waals surface area contributed by atoms with Crippen molar-refractivity contribution >= 4 is 22.7 Å². The number of aromatic nitrogens is 1. The van der Waals surface area contributed by atoms with Crippen molar-refractivity contribution in [1.29, 1.82) is 0 Å². The lowest BCUT2D eigenvalue weighted by Gasteiger charge is -2.13. The molecule has 4 nitrogen and oxygen atoms in total. The van der Waals surface area contributed by atoms with Crippen molar-refractivity contribution in [3.8, 4) is 27.1 Å². The normalized spacial score (nSPS) is 10.6. The van der Waals surface area contributed by atoms with Crippen LogP contribution in [0.3, 0.4) is 0 Å². The van der Waals surface area contributed by atoms with Crippen LogP contribution in [0.15, 0.2) is 35.0 Å². The second kappa shape index (κ2) is 7.02. The second-order valence-corrected chi connectivity index (χ2v) is 6.64. The topological polar surface area (TPSA) is 40.6 Å². The fourth-order valence-corrected chi connectivity index (χ4v) is 3.98. The van der Waals surface area contributed by atoms with Crippen LogP contribution in [0.5, 0.6) is 17.2 Å². The standard InChI is InChI=1S/C17H17NO3S2/c1-19-13-8-11(9-14(20-2)16(13)21-3)7-12-10-23-17(18-12)15-5-4-6-22-15/h4-6,8-10H,7H2,1-3H3. The SMILES string of the molecule is COc1cc(Cc2csc(-c3cccs3)n2)cc(OC)c1OC. The third kappa shape index (κ3) is 3.33. The maximum absolute atomic E-state index is 5.40. The summed E-state index contributed by atoms with van der Waals surface area (Å²) in [6.45, 7) is 0. The van der Waals surface area contributed by atoms with Gasteiger partial charge in [0, 0.05) is 11.8 Å². The average molecular weight is 347 g/mol. The van der Waals surface area contributed by atoms with Gasteiger partial charge in [-0.3, -0.25) is 0 Å². The predicted molar refractivity (Wildman–Crippen MR) is 94.3 cm³/mol. The summed E-state index contributed by atoms with van der Waals surface area (Å²) in [5.74, 6) is 1.93. The lowest BCUT2D eigenvalue weighted by molar-refractivity contribution is 0.324. The molecule has 0 saturated carbocycles. The molecule has 120 valence electrons. The van der Waals surface area contributed by atoms with E-state index >= 15 is 0 Å². The Kier molecular flexibility index (Phi) is 4.83. The van der Waals surface area contributed by atoms with Gasteiger partial charge < -0.3 is 14.2 Å². The van der Waals surface area contributed by atoms with Gasteiger partial charge in [-0.25, -0.2) is 4.98 Å². The number of hydrogen-bond acceptors (Lipinski definition) is 6. The molecule has 2 heterocycles. The Morgan fingerprint density at radius 3 is 2.30 bits per heavy atom. The molecule has 0 fully saturated rings. The van der Waals surface area contributed by atoms with Crippen LogP contribution in [0.4, 0.5) is 0 Å². The van der Waals surface area contributed by atoms with Gasteiger partial charge in [0.2, 0.25) is 5.75 Å². The zero-order valence-electron chi connectivity index (χ0n) is 13.2. The minimum atomic E-state index is 0.608. The third-order valence-electron chi connectivity index (χ3n) is 3.39. The highest BCUT2D eigenvalue weighted by molar-refractivity contribution is 7.20. The molecule has 2 aromatic heterocycles. The number of benzene rings is 1. The van der Waals surface area contributed by atoms with Gasteiger partial charge in [-0.2, -0.15) is 0 Å². The first-order chi connectivity index (χ1) is 11.2. The lowest BCUT2D eigenvalue weighted by atomic mass is 10.1. The van der Waals surface area contributed by atoms with E-state index in [0.717, 1.165) is 22.7 Å². The summed E-state index contributed by atoms with van der Waals surface area (Å²) in [7, 11) is 4.85. The van der Waals surface area contributed by atoms with Crippen LogP contribution in [0, 0.1) is 0 Å². The van der Waals surface area contributed by atoms with E-state index in [1.165, 1.54) is 4.88 Å². The second-order valence-electron chi connectivity index (χ2n) is 4.83. The molecule has 0 aliphatic heterocycles. The summed E-state index contributed by atoms with van der Waals surface area (Å²) in [5.41, 5.74) is 2.11. The largest absolute Gasteiger partial charge is 0.493 e. The highest BCUT2D eigenvalue weighted by Crippen LogP contribution is 2.39. The Labute approximate surface area is 143 Å². The summed E-state index contributed by atoms with van der Waals surface area (Å²) in [5, 5.41) is 5.22. The van der Waals surface area contributed by atoms with E-state index in [9.17, 15) is 0 Å². The molecular formula is C17H17NO3S2. The molecule has 1 aromatic carbocycles. The minimum Gasteiger partial charge on any atom is -0.493 e. The molecule has 0 unspecified atom stereocenters. The van der Waals surface area contributed by atoms with Crippen LogP contribution < -0.4 is 14.2 Å². The molecule has 3 aromatic rings. The van der Waals surface area contributed by atoms with Crippen LogP contribution >= 0.6 is 22.7 Å². The van der Waals surface area contributed by atoms with Crippen LogP contribution in [-0.2, 0) is 6.42 Å². The Balaban J connectivity index is 1.88. The summed E-state index contributed by atoms with van der Waals surface area (Å²) in [6, 6.07) is 8.06. The van der Waals surface area contributed by atoms with E-state index in [-0.39, 0.29) is 0 Å². The molecule has 0 N–H and O–H groups in total. The quantitative estimate of drug-likeness (QED) is 0.659. The minimum absolute atomic E-state index is 0.608. The van der Waals surface area contributed by atoms with Gasteiger partial charge in [-0.1, -0.05) is 6.07 Å². The zero-order chi connectivity index (χ0) is 16.2. The smallest absolute Gasteiger partial charge is 0.203 e. The number of rotatable bonds is 6. The molecule has 0 saturated heterocycles. The molecule has 0 bridgehead atoms. The number of ether oxygens (including phenoxy) is 3. The molecule has 0 radical (unpaired) electrons. The van der Waals surface area contributed by atoms with E-state index in [1.807, 2.05) is 18.2 Å². The van der Waals surface area contributed by atoms with Crippen molar-refractivity contribution in [2.45, 2.75) is 6.42 Å². The fraction of sp³-hybridized carbons (Fsp3) is 0.235. The number of methoxy groups -OCH3 is 3. The Hall–Kier alpha value is -2.05. The van der Waals surface area contributed by atoms with Gasteiger partial charge >= 0.3 is 0 Å². The fourth-order valence-electron chi connectivity index (χ4n) is 2.35. The average Bonchev–Trinajstić information content (AvgIpc) is 3.25. The summed E-state index contributed by atoms with van der Waals surface area (Å²) < 4.78 is 16.2. The molecule has 0 aliphatic rings. The van der Waals surface area contributed by atoms with Crippen molar-refractivity contribution in [3.05, 3.63) is 46.3 Å². The molecule has 0 amide bonds. The maximum Gasteiger partial charge on any atom is 0.203 e. The molecule has 0 aliphatic carbocycles. The number of hydrogen-bond donors (Lipinski definition) is 0. The Morgan fingerprint density at radius 2 is 1.74 bits per heavy atom. The summed E-state index contributed by atoms with van der Waals surface area (Å²) in [6.07, 6.45) is 0.721. The Bertz CT molecular complexity index is 756. The molecule has 6 heteroatoms. The van der Waals surface area contributed by atoms with E-state index in [2.05, 4.69) is 16.8 Å². The number of thiophene rings is 1. The zero-order valence-corrected chi connectivity index (χ0v) is 14.8. The van der Waals surface area contributed by atoms with Crippen molar-refractivity contribution in [1.82, 2.24) is 4.98 Å². The first kappa shape index (κ1) is 15.8. The predicted octanol–water partition coefficient (Wildman–Crippen LogP) is 4.49. The number of nitrogens with zero attached hydrogens (tertiary/aromatic N) is 1. The van der Waals surface area contributed by atoms with Crippen molar-refractivity contribution in [3.63, 3.8) is 0 Å². The van der Waals surface area contributed by atoms with E-state index in [4.69, 9.17) is 19.2 Å². The molecule has 0 atom stereocenters. The monoisotopic (exact) mass is 347 g/mol. The Morgan fingerprint density at radius 1 is 1.00 bits per heavy atom. The van der Waals surface area contributed by atoms with Gasteiger partial charge in [0.25, 0.3) is 0 Å². The maximum atomic E-state index is 5.40. The number of thiazole rings is 1. The van der Waals surface area contributed by atoms with E-state index in [0.29, 0.717) is 17.2 Å². The van der Waals surface area contributed by atoms with Crippen LogP contribution in [-0.4, -0.2) is 26.3 Å². The van der Waals surface area contributed by atoms with Gasteiger partial charge in [0.05, 0.1) is 31.9 Å². The van der Waals surface area contributed by atoms with Crippen LogP contribution in [0.25, 0.3) is 9.88 Å². The van der Waals surface area contributed by atoms with Crippen molar-refractivity contribution in [2.24, 2.45) is 0 Å². The van der Waals surface area contributed by atoms with Crippen LogP contribution in [0.2, 0.25) is 0 Å². The lowest BCUT2D eigenvalue weighted by Crippen LogP contribution is -1.98. The molecule has 23 heavy (non-hydrogen) atoms. The summed E-state index contributed by atoms with van der Waals surface area (Å²) in [4.78, 5) is 5.92. The highest BCUT2D eigenvalue weighted by Gasteiger charge is 2.14. The van der Waals surface area contributed by atoms with Gasteiger partial charge in [0.1, 0.15) is 5.01 Å². The molecule has 3 rings (SSSR count). The van der Waals surface area contributed by atoms with Crippen molar-refractivity contribution < 1.29 is 14.2 Å². The van der Waals surface area contributed by atoms with Crippen LogP contribution in [0.1, 0.15) is 11.3 Å². The highest BCUT2D eigenvalue weighted by atomic mass is 32.1. The summed E-state index contributed by atoms with van der Waals surface area (Å²) >= 11 is 3.37. The van der Waals surface area contributed by atoms with E-state index < -0.39 is 0 Å². The van der Waals surface area contributed by atoms with Crippen molar-refractivity contribution in [2.75, 3.05) is 21.3 Å². The first-order valence-corrected chi connectivity index (χ1v) is 8.78. The van der Waals surface area contributed by atoms with Gasteiger partial charge in [0.15, 0.2) is 11.5 Å². The van der Waals surface area contributed by atoms with Gasteiger partial charge in [-0.15, -0.1) is 22.7 Å².